The minimum Gasteiger partial charge on any atom is -0.493 e. The predicted molar refractivity (Wildman–Crippen MR) is 109 cm³/mol. The standard InChI is InChI=1S/C19H20N2O3S2/c1-5-24-16-10-14(8-9-15(16)23-4)11-17-18(22)21(19(25)26-17)20-12(2)6-7-13(20)3/h6-11H,5H2,1-4H3/b17-11+. The molecule has 1 aromatic carbocycles. The molecule has 1 amide bonds. The second-order valence-electron chi connectivity index (χ2n) is 5.76. The predicted octanol–water partition coefficient (Wildman–Crippen LogP) is 4.05. The Hall–Kier alpha value is -2.25. The molecule has 0 saturated carbocycles. The van der Waals surface area contributed by atoms with Gasteiger partial charge in [0, 0.05) is 11.4 Å². The summed E-state index contributed by atoms with van der Waals surface area (Å²) in [5, 5.41) is 1.55. The molecule has 1 saturated heterocycles. The molecule has 1 aliphatic rings. The number of thiocarbonyl (C=S) groups is 1. The van der Waals surface area contributed by atoms with Gasteiger partial charge in [-0.25, -0.2) is 0 Å². The Morgan fingerprint density at radius 1 is 1.15 bits per heavy atom. The maximum atomic E-state index is 12.9. The van der Waals surface area contributed by atoms with E-state index in [1.807, 2.05) is 61.9 Å². The Morgan fingerprint density at radius 2 is 1.85 bits per heavy atom. The fraction of sp³-hybridized carbons (Fsp3) is 0.263. The first-order valence-corrected chi connectivity index (χ1v) is 9.42. The van der Waals surface area contributed by atoms with Crippen LogP contribution in [0.15, 0.2) is 35.2 Å². The van der Waals surface area contributed by atoms with Gasteiger partial charge in [-0.1, -0.05) is 17.8 Å². The van der Waals surface area contributed by atoms with Crippen LogP contribution in [0.5, 0.6) is 11.5 Å². The van der Waals surface area contributed by atoms with E-state index in [1.165, 1.54) is 11.8 Å². The number of hydrogen-bond acceptors (Lipinski definition) is 5. The topological polar surface area (TPSA) is 43.7 Å². The van der Waals surface area contributed by atoms with Gasteiger partial charge in [0.05, 0.1) is 18.6 Å². The first-order chi connectivity index (χ1) is 12.5. The number of ether oxygens (including phenoxy) is 2. The lowest BCUT2D eigenvalue weighted by atomic mass is 10.2. The number of aromatic nitrogens is 1. The fourth-order valence-corrected chi connectivity index (χ4v) is 4.05. The van der Waals surface area contributed by atoms with Crippen molar-refractivity contribution in [3.63, 3.8) is 0 Å². The molecule has 0 bridgehead atoms. The van der Waals surface area contributed by atoms with Gasteiger partial charge in [-0.3, -0.25) is 9.47 Å². The van der Waals surface area contributed by atoms with E-state index in [0.717, 1.165) is 17.0 Å². The van der Waals surface area contributed by atoms with Gasteiger partial charge in [0.2, 0.25) is 0 Å². The van der Waals surface area contributed by atoms with Crippen LogP contribution in [0.3, 0.4) is 0 Å². The van der Waals surface area contributed by atoms with E-state index in [-0.39, 0.29) is 5.91 Å². The summed E-state index contributed by atoms with van der Waals surface area (Å²) in [6.07, 6.45) is 1.83. The monoisotopic (exact) mass is 388 g/mol. The van der Waals surface area contributed by atoms with Crippen LogP contribution in [0.25, 0.3) is 6.08 Å². The van der Waals surface area contributed by atoms with Crippen molar-refractivity contribution in [2.45, 2.75) is 20.8 Å². The summed E-state index contributed by atoms with van der Waals surface area (Å²) in [6, 6.07) is 9.52. The van der Waals surface area contributed by atoms with Crippen molar-refractivity contribution in [2.24, 2.45) is 0 Å². The largest absolute Gasteiger partial charge is 0.493 e. The number of rotatable bonds is 5. The lowest BCUT2D eigenvalue weighted by Gasteiger charge is -2.20. The normalized spacial score (nSPS) is 15.8. The average Bonchev–Trinajstić information content (AvgIpc) is 3.07. The van der Waals surface area contributed by atoms with Crippen LogP contribution in [0, 0.1) is 13.8 Å². The molecule has 2 heterocycles. The van der Waals surface area contributed by atoms with Crippen LogP contribution in [-0.4, -0.2) is 28.6 Å². The van der Waals surface area contributed by atoms with Gasteiger partial charge in [0.15, 0.2) is 15.8 Å². The summed E-state index contributed by atoms with van der Waals surface area (Å²) in [7, 11) is 1.60. The van der Waals surface area contributed by atoms with E-state index in [1.54, 1.807) is 12.1 Å². The van der Waals surface area contributed by atoms with Crippen LogP contribution >= 0.6 is 24.0 Å². The summed E-state index contributed by atoms with van der Waals surface area (Å²) in [6.45, 7) is 6.35. The zero-order chi connectivity index (χ0) is 18.8. The van der Waals surface area contributed by atoms with Crippen LogP contribution in [-0.2, 0) is 4.79 Å². The molecule has 1 fully saturated rings. The SMILES string of the molecule is CCOc1cc(/C=C2/SC(=S)N(n3c(C)ccc3C)C2=O)ccc1OC. The molecule has 26 heavy (non-hydrogen) atoms. The number of nitrogens with zero attached hydrogens (tertiary/aromatic N) is 2. The number of amides is 1. The third-order valence-electron chi connectivity index (χ3n) is 3.99. The first kappa shape index (κ1) is 18.5. The van der Waals surface area contributed by atoms with E-state index in [9.17, 15) is 4.79 Å². The summed E-state index contributed by atoms with van der Waals surface area (Å²) in [5.41, 5.74) is 2.78. The van der Waals surface area contributed by atoms with Gasteiger partial charge in [-0.05, 0) is 68.9 Å². The van der Waals surface area contributed by atoms with Crippen molar-refractivity contribution >= 4 is 40.3 Å². The summed E-state index contributed by atoms with van der Waals surface area (Å²) in [5.74, 6) is 1.18. The summed E-state index contributed by atoms with van der Waals surface area (Å²) >= 11 is 6.74. The highest BCUT2D eigenvalue weighted by Gasteiger charge is 2.34. The molecule has 1 aromatic heterocycles. The highest BCUT2D eigenvalue weighted by molar-refractivity contribution is 8.27. The van der Waals surface area contributed by atoms with Gasteiger partial charge in [0.25, 0.3) is 5.91 Å². The highest BCUT2D eigenvalue weighted by Crippen LogP contribution is 2.34. The van der Waals surface area contributed by atoms with Crippen LogP contribution in [0.2, 0.25) is 0 Å². The minimum absolute atomic E-state index is 0.129. The molecule has 136 valence electrons. The van der Waals surface area contributed by atoms with Crippen molar-refractivity contribution < 1.29 is 14.3 Å². The first-order valence-electron chi connectivity index (χ1n) is 8.20. The molecule has 1 aliphatic heterocycles. The lowest BCUT2D eigenvalue weighted by molar-refractivity contribution is -0.114. The summed E-state index contributed by atoms with van der Waals surface area (Å²) < 4.78 is 13.3. The van der Waals surface area contributed by atoms with Crippen LogP contribution < -0.4 is 14.5 Å². The number of hydrogen-bond donors (Lipinski definition) is 0. The van der Waals surface area contributed by atoms with Gasteiger partial charge in [0.1, 0.15) is 0 Å². The Balaban J connectivity index is 1.95. The van der Waals surface area contributed by atoms with Crippen molar-refractivity contribution in [3.05, 3.63) is 52.2 Å². The molecule has 2 aromatic rings. The van der Waals surface area contributed by atoms with E-state index >= 15 is 0 Å². The molecule has 0 unspecified atom stereocenters. The zero-order valence-electron chi connectivity index (χ0n) is 15.1. The van der Waals surface area contributed by atoms with Crippen molar-refractivity contribution in [2.75, 3.05) is 18.7 Å². The van der Waals surface area contributed by atoms with Crippen LogP contribution in [0.1, 0.15) is 23.9 Å². The Kier molecular flexibility index (Phi) is 5.38. The molecular formula is C19H20N2O3S2. The maximum absolute atomic E-state index is 12.9. The van der Waals surface area contributed by atoms with Crippen molar-refractivity contribution in [3.8, 4) is 11.5 Å². The van der Waals surface area contributed by atoms with E-state index in [0.29, 0.717) is 27.3 Å². The van der Waals surface area contributed by atoms with Gasteiger partial charge < -0.3 is 9.47 Å². The number of benzene rings is 1. The van der Waals surface area contributed by atoms with Crippen LogP contribution in [0.4, 0.5) is 0 Å². The molecule has 0 atom stereocenters. The zero-order valence-corrected chi connectivity index (χ0v) is 16.7. The number of aryl methyl sites for hydroxylation is 2. The van der Waals surface area contributed by atoms with Gasteiger partial charge in [-0.15, -0.1) is 0 Å². The molecule has 0 aliphatic carbocycles. The van der Waals surface area contributed by atoms with E-state index in [4.69, 9.17) is 21.7 Å². The van der Waals surface area contributed by atoms with E-state index < -0.39 is 0 Å². The fourth-order valence-electron chi connectivity index (χ4n) is 2.81. The minimum atomic E-state index is -0.129. The molecule has 7 heteroatoms. The second-order valence-corrected chi connectivity index (χ2v) is 7.44. The van der Waals surface area contributed by atoms with Crippen molar-refractivity contribution in [1.29, 1.82) is 0 Å². The smallest absolute Gasteiger partial charge is 0.285 e. The Labute approximate surface area is 162 Å². The quantitative estimate of drug-likeness (QED) is 0.571. The number of methoxy groups -OCH3 is 1. The highest BCUT2D eigenvalue weighted by atomic mass is 32.2. The van der Waals surface area contributed by atoms with E-state index in [2.05, 4.69) is 0 Å². The molecule has 5 nitrogen and oxygen atoms in total. The second kappa shape index (κ2) is 7.55. The molecule has 0 spiro atoms. The average molecular weight is 389 g/mol. The molecule has 0 N–H and O–H groups in total. The lowest BCUT2D eigenvalue weighted by Crippen LogP contribution is -2.39. The van der Waals surface area contributed by atoms with Crippen molar-refractivity contribution in [1.82, 2.24) is 4.68 Å². The number of carbonyl (C=O) groups excluding carboxylic acids is 1. The molecule has 3 rings (SSSR count). The number of thioether (sulfide) groups is 1. The molecule has 0 radical (unpaired) electrons. The van der Waals surface area contributed by atoms with Gasteiger partial charge >= 0.3 is 0 Å². The summed E-state index contributed by atoms with van der Waals surface area (Å²) in [4.78, 5) is 13.5. The van der Waals surface area contributed by atoms with Gasteiger partial charge in [-0.2, -0.15) is 5.01 Å². The Bertz CT molecular complexity index is 883. The Morgan fingerprint density at radius 3 is 2.46 bits per heavy atom. The maximum Gasteiger partial charge on any atom is 0.285 e. The third kappa shape index (κ3) is 3.37. The molecular weight excluding hydrogens is 368 g/mol. The third-order valence-corrected chi connectivity index (χ3v) is 5.28. The number of carbonyl (C=O) groups is 1.